The number of carbonyl (C=O) groups excluding carboxylic acids is 2. The molecule has 0 bridgehead atoms. The quantitative estimate of drug-likeness (QED) is 0.855. The van der Waals surface area contributed by atoms with Crippen LogP contribution >= 0.6 is 0 Å². The Bertz CT molecular complexity index is 577. The van der Waals surface area contributed by atoms with Gasteiger partial charge >= 0.3 is 6.09 Å². The van der Waals surface area contributed by atoms with Crippen LogP contribution in [-0.4, -0.2) is 54.5 Å². The summed E-state index contributed by atoms with van der Waals surface area (Å²) >= 11 is 0. The highest BCUT2D eigenvalue weighted by Gasteiger charge is 2.31. The maximum Gasteiger partial charge on any atom is 0.409 e. The molecule has 2 N–H and O–H groups in total. The Hall–Kier alpha value is -2.08. The van der Waals surface area contributed by atoms with Crippen molar-refractivity contribution in [2.24, 2.45) is 17.6 Å². The van der Waals surface area contributed by atoms with Crippen molar-refractivity contribution in [1.29, 1.82) is 0 Å². The molecule has 1 aromatic carbocycles. The molecule has 1 saturated heterocycles. The van der Waals surface area contributed by atoms with Crippen molar-refractivity contribution in [2.45, 2.75) is 32.9 Å². The number of nitrogens with two attached hydrogens (primary N) is 1. The van der Waals surface area contributed by atoms with Crippen molar-refractivity contribution in [3.8, 4) is 0 Å². The summed E-state index contributed by atoms with van der Waals surface area (Å²) in [5.41, 5.74) is 6.92. The van der Waals surface area contributed by atoms with Crippen LogP contribution in [0.2, 0.25) is 0 Å². The summed E-state index contributed by atoms with van der Waals surface area (Å²) in [6, 6.07) is 9.15. The molecule has 0 unspecified atom stereocenters. The summed E-state index contributed by atoms with van der Waals surface area (Å²) in [5, 5.41) is 0. The normalized spacial score (nSPS) is 18.3. The van der Waals surface area contributed by atoms with E-state index >= 15 is 0 Å². The van der Waals surface area contributed by atoms with E-state index in [1.807, 2.05) is 49.1 Å². The molecule has 1 heterocycles. The largest absolute Gasteiger partial charge is 0.445 e. The summed E-state index contributed by atoms with van der Waals surface area (Å²) in [5.74, 6) is 0.395. The van der Waals surface area contributed by atoms with Gasteiger partial charge < -0.3 is 20.3 Å². The molecule has 2 rings (SSSR count). The molecule has 0 saturated carbocycles. The van der Waals surface area contributed by atoms with E-state index in [1.54, 1.807) is 11.9 Å². The van der Waals surface area contributed by atoms with Crippen molar-refractivity contribution in [2.75, 3.05) is 26.7 Å². The number of hydrogen-bond donors (Lipinski definition) is 1. The molecule has 1 aliphatic rings. The molecular weight excluding hydrogens is 318 g/mol. The predicted octanol–water partition coefficient (Wildman–Crippen LogP) is 2.09. The zero-order valence-electron chi connectivity index (χ0n) is 15.4. The van der Waals surface area contributed by atoms with E-state index in [1.165, 1.54) is 0 Å². The smallest absolute Gasteiger partial charge is 0.409 e. The molecule has 1 aliphatic heterocycles. The van der Waals surface area contributed by atoms with Crippen LogP contribution in [0.3, 0.4) is 0 Å². The van der Waals surface area contributed by atoms with Crippen LogP contribution in [0, 0.1) is 11.8 Å². The minimum atomic E-state index is -0.452. The molecule has 1 fully saturated rings. The number of nitrogens with zero attached hydrogens (tertiary/aromatic N) is 2. The minimum absolute atomic E-state index is 0.00630. The second-order valence-corrected chi connectivity index (χ2v) is 7.13. The zero-order chi connectivity index (χ0) is 18.4. The zero-order valence-corrected chi connectivity index (χ0v) is 15.4. The molecule has 0 aromatic heterocycles. The number of amides is 2. The Morgan fingerprint density at radius 1 is 1.32 bits per heavy atom. The maximum atomic E-state index is 12.3. The SMILES string of the molecule is CC(C)[C@H](N)C(=O)N1CC[C@@H](CN(C)C(=O)OCc2ccccc2)C1. The van der Waals surface area contributed by atoms with Crippen molar-refractivity contribution in [3.05, 3.63) is 35.9 Å². The molecule has 6 heteroatoms. The lowest BCUT2D eigenvalue weighted by Gasteiger charge is -2.24. The van der Waals surface area contributed by atoms with Crippen LogP contribution in [0.25, 0.3) is 0 Å². The Balaban J connectivity index is 1.76. The predicted molar refractivity (Wildman–Crippen MR) is 96.8 cm³/mol. The topological polar surface area (TPSA) is 75.9 Å². The van der Waals surface area contributed by atoms with Gasteiger partial charge in [-0.05, 0) is 23.8 Å². The molecule has 6 nitrogen and oxygen atoms in total. The highest BCUT2D eigenvalue weighted by Crippen LogP contribution is 2.19. The van der Waals surface area contributed by atoms with E-state index in [2.05, 4.69) is 0 Å². The third kappa shape index (κ3) is 5.46. The van der Waals surface area contributed by atoms with Gasteiger partial charge in [0.1, 0.15) is 6.61 Å². The first-order chi connectivity index (χ1) is 11.9. The standard InChI is InChI=1S/C19H29N3O3/c1-14(2)17(20)18(23)22-10-9-16(12-22)11-21(3)19(24)25-13-15-7-5-4-6-8-15/h4-8,14,16-17H,9-13,20H2,1-3H3/t16-,17-/m0/s1. The summed E-state index contributed by atoms with van der Waals surface area (Å²) < 4.78 is 5.33. The van der Waals surface area contributed by atoms with E-state index in [9.17, 15) is 9.59 Å². The molecule has 0 aliphatic carbocycles. The minimum Gasteiger partial charge on any atom is -0.445 e. The van der Waals surface area contributed by atoms with Gasteiger partial charge in [0.15, 0.2) is 0 Å². The summed E-state index contributed by atoms with van der Waals surface area (Å²) in [6.07, 6.45) is 0.542. The van der Waals surface area contributed by atoms with Crippen LogP contribution in [0.4, 0.5) is 4.79 Å². The number of rotatable bonds is 6. The Morgan fingerprint density at radius 3 is 2.64 bits per heavy atom. The van der Waals surface area contributed by atoms with E-state index in [-0.39, 0.29) is 30.4 Å². The second kappa shape index (κ2) is 8.85. The summed E-state index contributed by atoms with van der Waals surface area (Å²) in [4.78, 5) is 27.8. The Kier molecular flexibility index (Phi) is 6.82. The van der Waals surface area contributed by atoms with Crippen LogP contribution in [0.15, 0.2) is 30.3 Å². The molecule has 0 radical (unpaired) electrons. The summed E-state index contributed by atoms with van der Waals surface area (Å²) in [7, 11) is 1.73. The first-order valence-electron chi connectivity index (χ1n) is 8.84. The monoisotopic (exact) mass is 347 g/mol. The molecule has 0 spiro atoms. The molecule has 2 amide bonds. The van der Waals surface area contributed by atoms with E-state index in [0.29, 0.717) is 19.6 Å². The van der Waals surface area contributed by atoms with Crippen molar-refractivity contribution < 1.29 is 14.3 Å². The highest BCUT2D eigenvalue weighted by atomic mass is 16.6. The average molecular weight is 347 g/mol. The first-order valence-corrected chi connectivity index (χ1v) is 8.84. The van der Waals surface area contributed by atoms with Gasteiger partial charge in [0.25, 0.3) is 0 Å². The van der Waals surface area contributed by atoms with Crippen molar-refractivity contribution in [3.63, 3.8) is 0 Å². The number of carbonyl (C=O) groups is 2. The van der Waals surface area contributed by atoms with Gasteiger partial charge in [-0.15, -0.1) is 0 Å². The Labute approximate surface area is 149 Å². The van der Waals surface area contributed by atoms with Crippen molar-refractivity contribution >= 4 is 12.0 Å². The molecule has 138 valence electrons. The van der Waals surface area contributed by atoms with Gasteiger partial charge in [-0.25, -0.2) is 4.79 Å². The molecule has 2 atom stereocenters. The molecule has 25 heavy (non-hydrogen) atoms. The fraction of sp³-hybridized carbons (Fsp3) is 0.579. The van der Waals surface area contributed by atoms with Gasteiger partial charge in [0.05, 0.1) is 6.04 Å². The lowest BCUT2D eigenvalue weighted by atomic mass is 10.0. The number of benzene rings is 1. The second-order valence-electron chi connectivity index (χ2n) is 7.13. The number of likely N-dealkylation sites (tertiary alicyclic amines) is 1. The fourth-order valence-corrected chi connectivity index (χ4v) is 2.97. The van der Waals surface area contributed by atoms with Crippen LogP contribution in [-0.2, 0) is 16.1 Å². The van der Waals surface area contributed by atoms with Crippen molar-refractivity contribution in [1.82, 2.24) is 9.80 Å². The van der Waals surface area contributed by atoms with Gasteiger partial charge in [-0.1, -0.05) is 44.2 Å². The van der Waals surface area contributed by atoms with Crippen LogP contribution < -0.4 is 5.73 Å². The number of ether oxygens (including phenoxy) is 1. The maximum absolute atomic E-state index is 12.3. The average Bonchev–Trinajstić information content (AvgIpc) is 3.07. The van der Waals surface area contributed by atoms with Gasteiger partial charge in [0, 0.05) is 26.7 Å². The third-order valence-electron chi connectivity index (χ3n) is 4.65. The van der Waals surface area contributed by atoms with Gasteiger partial charge in [-0.3, -0.25) is 4.79 Å². The summed E-state index contributed by atoms with van der Waals surface area (Å²) in [6.45, 7) is 6.10. The van der Waals surface area contributed by atoms with E-state index in [4.69, 9.17) is 10.5 Å². The van der Waals surface area contributed by atoms with E-state index in [0.717, 1.165) is 12.0 Å². The number of hydrogen-bond acceptors (Lipinski definition) is 4. The molecular formula is C19H29N3O3. The third-order valence-corrected chi connectivity index (χ3v) is 4.65. The van der Waals surface area contributed by atoms with Crippen LogP contribution in [0.5, 0.6) is 0 Å². The highest BCUT2D eigenvalue weighted by molar-refractivity contribution is 5.82. The molecule has 1 aromatic rings. The Morgan fingerprint density at radius 2 is 2.00 bits per heavy atom. The van der Waals surface area contributed by atoms with Gasteiger partial charge in [-0.2, -0.15) is 0 Å². The lowest BCUT2D eigenvalue weighted by molar-refractivity contribution is -0.132. The van der Waals surface area contributed by atoms with Crippen LogP contribution in [0.1, 0.15) is 25.8 Å². The fourth-order valence-electron chi connectivity index (χ4n) is 2.97. The van der Waals surface area contributed by atoms with E-state index < -0.39 is 6.04 Å². The first kappa shape index (κ1) is 19.2. The lowest BCUT2D eigenvalue weighted by Crippen LogP contribution is -2.46. The van der Waals surface area contributed by atoms with Gasteiger partial charge in [0.2, 0.25) is 5.91 Å².